The molecule has 7 aromatic rings. The van der Waals surface area contributed by atoms with Gasteiger partial charge in [-0.1, -0.05) is 126 Å². The van der Waals surface area contributed by atoms with Crippen molar-refractivity contribution in [3.05, 3.63) is 181 Å². The summed E-state index contributed by atoms with van der Waals surface area (Å²) in [6.07, 6.45) is 6.20. The van der Waals surface area contributed by atoms with Crippen molar-refractivity contribution in [3.8, 4) is 44.9 Å². The monoisotopic (exact) mass is 744 g/mol. The normalized spacial score (nSPS) is 13.5. The molecule has 57 heavy (non-hydrogen) atoms. The van der Waals surface area contributed by atoms with Gasteiger partial charge in [0.2, 0.25) is 0 Å². The summed E-state index contributed by atoms with van der Waals surface area (Å²) in [5.74, 6) is 2.36. The molecule has 0 radical (unpaired) electrons. The minimum atomic E-state index is 0.0487. The smallest absolute Gasteiger partial charge is 0.137 e. The largest absolute Gasteiger partial charge is 0.457 e. The maximum Gasteiger partial charge on any atom is 0.137 e. The van der Waals surface area contributed by atoms with E-state index in [1.165, 1.54) is 33.5 Å². The van der Waals surface area contributed by atoms with Crippen molar-refractivity contribution in [3.63, 3.8) is 0 Å². The number of fused-ring (bicyclic) bond motifs is 5. The van der Waals surface area contributed by atoms with Crippen LogP contribution >= 0.6 is 0 Å². The SMILES string of the molecule is CC(C)(C)c1cc(N2C=CN(c3cccc(Oc4ccc5c(c4)N(c4ccccn4)c4cc(-c6ccccc6)ccc4-c4ccccc4-5)c3)C2)cc(C(C)(C)C)c1. The van der Waals surface area contributed by atoms with Crippen LogP contribution in [0.3, 0.4) is 0 Å². The molecule has 5 nitrogen and oxygen atoms in total. The lowest BCUT2D eigenvalue weighted by molar-refractivity contribution is 0.483. The topological polar surface area (TPSA) is 31.8 Å². The summed E-state index contributed by atoms with van der Waals surface area (Å²) in [6, 6.07) is 53.9. The number of hydrogen-bond donors (Lipinski definition) is 0. The Bertz CT molecular complexity index is 2580. The molecule has 2 aliphatic heterocycles. The predicted octanol–water partition coefficient (Wildman–Crippen LogP) is 14.0. The molecule has 0 aliphatic carbocycles. The van der Waals surface area contributed by atoms with Gasteiger partial charge in [-0.25, -0.2) is 4.98 Å². The van der Waals surface area contributed by atoms with E-state index in [0.29, 0.717) is 6.67 Å². The lowest BCUT2D eigenvalue weighted by Gasteiger charge is -2.29. The lowest BCUT2D eigenvalue weighted by Crippen LogP contribution is -2.26. The maximum atomic E-state index is 6.75. The molecule has 0 atom stereocenters. The third-order valence-electron chi connectivity index (χ3n) is 11.0. The molecule has 6 aromatic carbocycles. The molecule has 9 rings (SSSR count). The van der Waals surface area contributed by atoms with Crippen molar-refractivity contribution >= 4 is 28.6 Å². The summed E-state index contributed by atoms with van der Waals surface area (Å²) in [6.45, 7) is 14.4. The van der Waals surface area contributed by atoms with Gasteiger partial charge >= 0.3 is 0 Å². The van der Waals surface area contributed by atoms with E-state index in [0.717, 1.165) is 51.1 Å². The quantitative estimate of drug-likeness (QED) is 0.169. The number of nitrogens with zero attached hydrogens (tertiary/aromatic N) is 4. The molecule has 0 spiro atoms. The van der Waals surface area contributed by atoms with Crippen molar-refractivity contribution in [1.29, 1.82) is 0 Å². The van der Waals surface area contributed by atoms with Crippen LogP contribution in [0.25, 0.3) is 33.4 Å². The minimum absolute atomic E-state index is 0.0487. The number of aromatic nitrogens is 1. The molecule has 2 aliphatic rings. The summed E-state index contributed by atoms with van der Waals surface area (Å²) in [7, 11) is 0. The summed E-state index contributed by atoms with van der Waals surface area (Å²) >= 11 is 0. The second kappa shape index (κ2) is 14.2. The van der Waals surface area contributed by atoms with Gasteiger partial charge < -0.3 is 14.5 Å². The molecule has 0 unspecified atom stereocenters. The van der Waals surface area contributed by atoms with Gasteiger partial charge in [0, 0.05) is 53.2 Å². The van der Waals surface area contributed by atoms with Crippen LogP contribution in [0, 0.1) is 0 Å². The number of pyridine rings is 1. The van der Waals surface area contributed by atoms with E-state index in [1.807, 2.05) is 24.4 Å². The molecule has 3 heterocycles. The van der Waals surface area contributed by atoms with Gasteiger partial charge in [-0.05, 0) is 98.8 Å². The number of ether oxygens (including phenoxy) is 1. The van der Waals surface area contributed by atoms with Gasteiger partial charge in [0.25, 0.3) is 0 Å². The lowest BCUT2D eigenvalue weighted by atomic mass is 9.80. The highest BCUT2D eigenvalue weighted by molar-refractivity contribution is 6.03. The number of benzene rings is 6. The Hall–Kier alpha value is -6.59. The Morgan fingerprint density at radius 3 is 1.75 bits per heavy atom. The van der Waals surface area contributed by atoms with Crippen molar-refractivity contribution in [2.24, 2.45) is 0 Å². The van der Waals surface area contributed by atoms with Crippen LogP contribution in [0.5, 0.6) is 11.5 Å². The fraction of sp³-hybridized carbons (Fsp3) is 0.173. The second-order valence-corrected chi connectivity index (χ2v) is 17.1. The fourth-order valence-corrected chi connectivity index (χ4v) is 7.82. The van der Waals surface area contributed by atoms with Crippen molar-refractivity contribution in [1.82, 2.24) is 4.98 Å². The molecular formula is C52H48N4O. The molecular weight excluding hydrogens is 697 g/mol. The average Bonchev–Trinajstić information content (AvgIpc) is 3.68. The second-order valence-electron chi connectivity index (χ2n) is 17.1. The summed E-state index contributed by atoms with van der Waals surface area (Å²) in [4.78, 5) is 11.8. The Balaban J connectivity index is 1.06. The first-order valence-electron chi connectivity index (χ1n) is 19.8. The zero-order valence-electron chi connectivity index (χ0n) is 33.6. The summed E-state index contributed by atoms with van der Waals surface area (Å²) in [5, 5.41) is 0. The van der Waals surface area contributed by atoms with E-state index in [2.05, 4.69) is 202 Å². The highest BCUT2D eigenvalue weighted by atomic mass is 16.5. The van der Waals surface area contributed by atoms with Crippen LogP contribution in [0.4, 0.5) is 28.6 Å². The van der Waals surface area contributed by atoms with Crippen LogP contribution in [-0.4, -0.2) is 11.7 Å². The van der Waals surface area contributed by atoms with Crippen LogP contribution in [0.1, 0.15) is 52.7 Å². The van der Waals surface area contributed by atoms with Gasteiger partial charge in [-0.3, -0.25) is 4.90 Å². The van der Waals surface area contributed by atoms with E-state index in [-0.39, 0.29) is 10.8 Å². The first-order valence-corrected chi connectivity index (χ1v) is 19.8. The summed E-state index contributed by atoms with van der Waals surface area (Å²) in [5.41, 5.74) is 14.1. The van der Waals surface area contributed by atoms with Crippen molar-refractivity contribution in [2.45, 2.75) is 52.4 Å². The van der Waals surface area contributed by atoms with Gasteiger partial charge in [0.15, 0.2) is 0 Å². The van der Waals surface area contributed by atoms with Crippen LogP contribution in [-0.2, 0) is 10.8 Å². The van der Waals surface area contributed by atoms with Crippen LogP contribution < -0.4 is 19.4 Å². The molecule has 1 aromatic heterocycles. The minimum Gasteiger partial charge on any atom is -0.457 e. The highest BCUT2D eigenvalue weighted by Gasteiger charge is 2.28. The van der Waals surface area contributed by atoms with Crippen LogP contribution in [0.2, 0.25) is 0 Å². The maximum absolute atomic E-state index is 6.75. The Kier molecular flexibility index (Phi) is 8.96. The molecule has 0 saturated heterocycles. The first-order chi connectivity index (χ1) is 27.5. The average molecular weight is 745 g/mol. The fourth-order valence-electron chi connectivity index (χ4n) is 7.82. The number of rotatable bonds is 6. The van der Waals surface area contributed by atoms with Crippen molar-refractivity contribution in [2.75, 3.05) is 21.4 Å². The highest BCUT2D eigenvalue weighted by Crippen LogP contribution is 2.52. The Morgan fingerprint density at radius 2 is 1.09 bits per heavy atom. The first kappa shape index (κ1) is 36.1. The van der Waals surface area contributed by atoms with E-state index in [4.69, 9.17) is 9.72 Å². The van der Waals surface area contributed by atoms with Crippen LogP contribution in [0.15, 0.2) is 170 Å². The third-order valence-corrected chi connectivity index (χ3v) is 11.0. The molecule has 0 amide bonds. The molecule has 0 N–H and O–H groups in total. The standard InChI is InChI=1S/C52H48N4O/c1-51(2,3)38-30-39(52(4,5)6)32-41(31-38)55-28-27-54(35-55)40-17-14-18-42(33-40)57-43-23-25-47-45-20-11-10-19-44(45)46-24-22-37(36-15-8-7-9-16-36)29-48(46)56(49(47)34-43)50-21-12-13-26-53-50/h7-34H,35H2,1-6H3. The molecule has 0 bridgehead atoms. The molecule has 282 valence electrons. The van der Waals surface area contributed by atoms with Gasteiger partial charge in [-0.15, -0.1) is 0 Å². The zero-order chi connectivity index (χ0) is 39.3. The van der Waals surface area contributed by atoms with E-state index >= 15 is 0 Å². The van der Waals surface area contributed by atoms with Crippen molar-refractivity contribution < 1.29 is 4.74 Å². The molecule has 0 fully saturated rings. The van der Waals surface area contributed by atoms with Gasteiger partial charge in [-0.2, -0.15) is 0 Å². The van der Waals surface area contributed by atoms with E-state index in [1.54, 1.807) is 0 Å². The number of hydrogen-bond acceptors (Lipinski definition) is 5. The number of anilines is 5. The zero-order valence-corrected chi connectivity index (χ0v) is 33.6. The Labute approximate surface area is 337 Å². The predicted molar refractivity (Wildman–Crippen MR) is 238 cm³/mol. The Morgan fingerprint density at radius 1 is 0.474 bits per heavy atom. The summed E-state index contributed by atoms with van der Waals surface area (Å²) < 4.78 is 6.75. The third kappa shape index (κ3) is 7.06. The molecule has 5 heteroatoms. The van der Waals surface area contributed by atoms with E-state index in [9.17, 15) is 0 Å². The van der Waals surface area contributed by atoms with E-state index < -0.39 is 0 Å². The van der Waals surface area contributed by atoms with Gasteiger partial charge in [0.05, 0.1) is 18.0 Å². The van der Waals surface area contributed by atoms with Gasteiger partial charge in [0.1, 0.15) is 17.3 Å². The molecule has 0 saturated carbocycles.